The van der Waals surface area contributed by atoms with Gasteiger partial charge in [-0.05, 0) is 72.5 Å². The van der Waals surface area contributed by atoms with Crippen LogP contribution in [-0.4, -0.2) is 41.3 Å². The number of aromatic nitrogens is 3. The smallest absolute Gasteiger partial charge is 0.247 e. The standard InChI is InChI=1S/C30H26FN5O4S/c1-41(38,39)25-13-14-26(27(17-25)40-24-11-12-24)33-30-34-28-15-6-21(18-36(28)35-30)20-4-9-23(10-5-20)32-29(37)16-19-2-7-22(31)8-3-19/h2-10,13-15,17-18,24H,11-12,16H2,1H3,(H,32,37)(H,33,35). The molecule has 5 aromatic rings. The molecule has 9 nitrogen and oxygen atoms in total. The van der Waals surface area contributed by atoms with E-state index in [2.05, 4.69) is 20.7 Å². The van der Waals surface area contributed by atoms with Gasteiger partial charge in [0.05, 0.1) is 23.1 Å². The van der Waals surface area contributed by atoms with Gasteiger partial charge in [0.25, 0.3) is 0 Å². The SMILES string of the molecule is CS(=O)(=O)c1ccc(Nc2nc3ccc(-c4ccc(NC(=O)Cc5ccc(F)cc5)cc4)cn3n2)c(OC2CC2)c1. The third-order valence-electron chi connectivity index (χ3n) is 6.56. The van der Waals surface area contributed by atoms with Crippen molar-refractivity contribution in [1.29, 1.82) is 0 Å². The van der Waals surface area contributed by atoms with Crippen LogP contribution in [0.25, 0.3) is 16.8 Å². The molecule has 2 heterocycles. The Morgan fingerprint density at radius 2 is 1.73 bits per heavy atom. The van der Waals surface area contributed by atoms with E-state index >= 15 is 0 Å². The molecule has 1 amide bonds. The number of carbonyl (C=O) groups is 1. The number of rotatable bonds is 9. The first-order valence-corrected chi connectivity index (χ1v) is 14.9. The molecular formula is C30H26FN5O4S. The summed E-state index contributed by atoms with van der Waals surface area (Å²) in [6.07, 6.45) is 5.11. The van der Waals surface area contributed by atoms with E-state index in [0.717, 1.165) is 35.8 Å². The third kappa shape index (κ3) is 6.36. The highest BCUT2D eigenvalue weighted by atomic mass is 32.2. The monoisotopic (exact) mass is 571 g/mol. The van der Waals surface area contributed by atoms with Gasteiger partial charge in [-0.15, -0.1) is 5.10 Å². The van der Waals surface area contributed by atoms with Crippen LogP contribution in [0.5, 0.6) is 5.75 Å². The molecule has 2 aromatic heterocycles. The molecule has 1 fully saturated rings. The molecule has 1 saturated carbocycles. The molecule has 3 aromatic carbocycles. The van der Waals surface area contributed by atoms with Crippen molar-refractivity contribution in [3.63, 3.8) is 0 Å². The molecule has 0 unspecified atom stereocenters. The van der Waals surface area contributed by atoms with Crippen molar-refractivity contribution in [1.82, 2.24) is 14.6 Å². The van der Waals surface area contributed by atoms with Gasteiger partial charge in [0, 0.05) is 29.8 Å². The highest BCUT2D eigenvalue weighted by molar-refractivity contribution is 7.90. The van der Waals surface area contributed by atoms with E-state index in [4.69, 9.17) is 4.74 Å². The summed E-state index contributed by atoms with van der Waals surface area (Å²) in [6.45, 7) is 0. The minimum Gasteiger partial charge on any atom is -0.488 e. The lowest BCUT2D eigenvalue weighted by molar-refractivity contribution is -0.115. The average molecular weight is 572 g/mol. The molecule has 1 aliphatic rings. The maximum Gasteiger partial charge on any atom is 0.247 e. The Bertz CT molecular complexity index is 1850. The highest BCUT2D eigenvalue weighted by Gasteiger charge is 2.25. The number of fused-ring (bicyclic) bond motifs is 1. The second-order valence-electron chi connectivity index (χ2n) is 9.96. The van der Waals surface area contributed by atoms with Crippen molar-refractivity contribution in [3.05, 3.63) is 96.4 Å². The Hall–Kier alpha value is -4.77. The van der Waals surface area contributed by atoms with Gasteiger partial charge in [0.15, 0.2) is 15.5 Å². The van der Waals surface area contributed by atoms with E-state index in [9.17, 15) is 17.6 Å². The molecule has 0 aliphatic heterocycles. The van der Waals surface area contributed by atoms with Crippen LogP contribution in [0.2, 0.25) is 0 Å². The number of hydrogen-bond donors (Lipinski definition) is 2. The van der Waals surface area contributed by atoms with Gasteiger partial charge in [-0.1, -0.05) is 24.3 Å². The van der Waals surface area contributed by atoms with E-state index in [1.165, 1.54) is 24.3 Å². The molecule has 208 valence electrons. The molecular weight excluding hydrogens is 545 g/mol. The summed E-state index contributed by atoms with van der Waals surface area (Å²) in [5, 5.41) is 10.6. The van der Waals surface area contributed by atoms with Crippen molar-refractivity contribution >= 4 is 38.7 Å². The molecule has 6 rings (SSSR count). The summed E-state index contributed by atoms with van der Waals surface area (Å²) in [5.41, 5.74) is 4.41. The largest absolute Gasteiger partial charge is 0.488 e. The minimum atomic E-state index is -3.38. The lowest BCUT2D eigenvalue weighted by Crippen LogP contribution is -2.14. The number of carbonyl (C=O) groups excluding carboxylic acids is 1. The number of ether oxygens (including phenoxy) is 1. The fraction of sp³-hybridized carbons (Fsp3) is 0.167. The van der Waals surface area contributed by atoms with Crippen LogP contribution in [0.3, 0.4) is 0 Å². The van der Waals surface area contributed by atoms with Crippen molar-refractivity contribution in [2.24, 2.45) is 0 Å². The molecule has 2 N–H and O–H groups in total. The van der Waals surface area contributed by atoms with Crippen LogP contribution in [0.15, 0.2) is 90.0 Å². The van der Waals surface area contributed by atoms with Gasteiger partial charge < -0.3 is 15.4 Å². The van der Waals surface area contributed by atoms with Gasteiger partial charge in [0.2, 0.25) is 11.9 Å². The molecule has 1 aliphatic carbocycles. The van der Waals surface area contributed by atoms with E-state index < -0.39 is 9.84 Å². The maximum absolute atomic E-state index is 13.1. The zero-order valence-corrected chi connectivity index (χ0v) is 22.9. The molecule has 11 heteroatoms. The summed E-state index contributed by atoms with van der Waals surface area (Å²) in [4.78, 5) is 17.1. The van der Waals surface area contributed by atoms with Crippen LogP contribution in [0.4, 0.5) is 21.7 Å². The van der Waals surface area contributed by atoms with Crippen molar-refractivity contribution < 1.29 is 22.3 Å². The number of nitrogens with one attached hydrogen (secondary N) is 2. The van der Waals surface area contributed by atoms with Gasteiger partial charge in [-0.3, -0.25) is 4.79 Å². The van der Waals surface area contributed by atoms with Crippen LogP contribution < -0.4 is 15.4 Å². The number of sulfone groups is 1. The summed E-state index contributed by atoms with van der Waals surface area (Å²) >= 11 is 0. The van der Waals surface area contributed by atoms with Gasteiger partial charge in [-0.25, -0.2) is 17.3 Å². The first-order chi connectivity index (χ1) is 19.7. The predicted octanol–water partition coefficient (Wildman–Crippen LogP) is 5.40. The molecule has 0 radical (unpaired) electrons. The number of benzene rings is 3. The highest BCUT2D eigenvalue weighted by Crippen LogP contribution is 2.35. The maximum atomic E-state index is 13.1. The molecule has 0 bridgehead atoms. The number of pyridine rings is 1. The first kappa shape index (κ1) is 26.5. The van der Waals surface area contributed by atoms with Gasteiger partial charge in [0.1, 0.15) is 11.6 Å². The summed E-state index contributed by atoms with van der Waals surface area (Å²) in [7, 11) is -3.38. The number of halogens is 1. The quantitative estimate of drug-likeness (QED) is 0.243. The summed E-state index contributed by atoms with van der Waals surface area (Å²) in [6, 6.07) is 21.8. The lowest BCUT2D eigenvalue weighted by Gasteiger charge is -2.12. The second kappa shape index (κ2) is 10.7. The van der Waals surface area contributed by atoms with Crippen LogP contribution in [0.1, 0.15) is 18.4 Å². The predicted molar refractivity (Wildman–Crippen MR) is 154 cm³/mol. The zero-order chi connectivity index (χ0) is 28.6. The number of anilines is 3. The van der Waals surface area contributed by atoms with Crippen LogP contribution >= 0.6 is 0 Å². The van der Waals surface area contributed by atoms with Gasteiger partial charge >= 0.3 is 0 Å². The topological polar surface area (TPSA) is 115 Å². The average Bonchev–Trinajstić information content (AvgIpc) is 3.67. The number of hydrogen-bond acceptors (Lipinski definition) is 7. The van der Waals surface area contributed by atoms with Crippen LogP contribution in [0, 0.1) is 5.82 Å². The molecule has 0 atom stereocenters. The van der Waals surface area contributed by atoms with Crippen molar-refractivity contribution in [3.8, 4) is 16.9 Å². The van der Waals surface area contributed by atoms with E-state index in [1.807, 2.05) is 42.6 Å². The Morgan fingerprint density at radius 3 is 2.44 bits per heavy atom. The summed E-state index contributed by atoms with van der Waals surface area (Å²) < 4.78 is 44.8. The lowest BCUT2D eigenvalue weighted by atomic mass is 10.1. The summed E-state index contributed by atoms with van der Waals surface area (Å²) in [5.74, 6) is 0.258. The third-order valence-corrected chi connectivity index (χ3v) is 7.67. The van der Waals surface area contributed by atoms with E-state index in [-0.39, 0.29) is 29.1 Å². The fourth-order valence-corrected chi connectivity index (χ4v) is 4.90. The first-order valence-electron chi connectivity index (χ1n) is 13.0. The molecule has 0 spiro atoms. The molecule has 0 saturated heterocycles. The van der Waals surface area contributed by atoms with E-state index in [1.54, 1.807) is 22.7 Å². The normalized spacial score (nSPS) is 13.2. The van der Waals surface area contributed by atoms with Gasteiger partial charge in [-0.2, -0.15) is 4.98 Å². The Labute approximate surface area is 235 Å². The molecule has 41 heavy (non-hydrogen) atoms. The minimum absolute atomic E-state index is 0.0801. The second-order valence-corrected chi connectivity index (χ2v) is 12.0. The Morgan fingerprint density at radius 1 is 1.00 bits per heavy atom. The Balaban J connectivity index is 1.16. The zero-order valence-electron chi connectivity index (χ0n) is 22.0. The van der Waals surface area contributed by atoms with E-state index in [0.29, 0.717) is 28.7 Å². The van der Waals surface area contributed by atoms with Crippen molar-refractivity contribution in [2.45, 2.75) is 30.3 Å². The van der Waals surface area contributed by atoms with Crippen molar-refractivity contribution in [2.75, 3.05) is 16.9 Å². The number of amides is 1. The fourth-order valence-electron chi connectivity index (χ4n) is 4.27. The Kier molecular flexibility index (Phi) is 6.88. The number of nitrogens with zero attached hydrogens (tertiary/aromatic N) is 3. The van der Waals surface area contributed by atoms with Crippen LogP contribution in [-0.2, 0) is 21.1 Å².